The van der Waals surface area contributed by atoms with Crippen molar-refractivity contribution in [3.05, 3.63) is 56.2 Å². The van der Waals surface area contributed by atoms with E-state index in [2.05, 4.69) is 9.55 Å². The van der Waals surface area contributed by atoms with Crippen molar-refractivity contribution >= 4 is 22.3 Å². The lowest BCUT2D eigenvalue weighted by atomic mass is 10.2. The van der Waals surface area contributed by atoms with Gasteiger partial charge < -0.3 is 9.30 Å². The second-order valence-electron chi connectivity index (χ2n) is 6.54. The number of hydrogen-bond acceptors (Lipinski definition) is 5. The Bertz CT molecular complexity index is 1040. The molecular formula is C18H19N3O3S. The number of ether oxygens (including phenoxy) is 1. The Morgan fingerprint density at radius 2 is 2.04 bits per heavy atom. The van der Waals surface area contributed by atoms with Crippen molar-refractivity contribution in [2.75, 3.05) is 0 Å². The lowest BCUT2D eigenvalue weighted by molar-refractivity contribution is 0.0467. The van der Waals surface area contributed by atoms with Crippen LogP contribution in [0.4, 0.5) is 0 Å². The third-order valence-corrected chi connectivity index (χ3v) is 5.54. The average molecular weight is 357 g/mol. The van der Waals surface area contributed by atoms with Crippen LogP contribution >= 0.6 is 11.3 Å². The van der Waals surface area contributed by atoms with Crippen LogP contribution in [0.3, 0.4) is 0 Å². The fourth-order valence-corrected chi connectivity index (χ4v) is 4.16. The van der Waals surface area contributed by atoms with E-state index in [1.807, 2.05) is 32.2 Å². The first-order chi connectivity index (χ1) is 12.0. The summed E-state index contributed by atoms with van der Waals surface area (Å²) in [6.07, 6.45) is 2.33. The van der Waals surface area contributed by atoms with Gasteiger partial charge in [0.05, 0.1) is 11.3 Å². The van der Waals surface area contributed by atoms with Crippen LogP contribution in [0.2, 0.25) is 0 Å². The number of aryl methyl sites for hydroxylation is 2. The van der Waals surface area contributed by atoms with E-state index in [0.717, 1.165) is 17.1 Å². The molecule has 25 heavy (non-hydrogen) atoms. The number of esters is 1. The topological polar surface area (TPSA) is 65.6 Å². The highest BCUT2D eigenvalue weighted by Crippen LogP contribution is 2.38. The highest BCUT2D eigenvalue weighted by Gasteiger charge is 2.28. The Morgan fingerprint density at radius 3 is 2.76 bits per heavy atom. The number of rotatable bonds is 4. The summed E-state index contributed by atoms with van der Waals surface area (Å²) in [4.78, 5) is 29.6. The molecular weight excluding hydrogens is 338 g/mol. The van der Waals surface area contributed by atoms with Crippen LogP contribution in [0.5, 0.6) is 0 Å². The van der Waals surface area contributed by atoms with Crippen molar-refractivity contribution in [3.8, 4) is 0 Å². The summed E-state index contributed by atoms with van der Waals surface area (Å²) in [5, 5.41) is 1.88. The van der Waals surface area contributed by atoms with Gasteiger partial charge in [-0.3, -0.25) is 9.20 Å². The first-order valence-electron chi connectivity index (χ1n) is 8.28. The zero-order valence-electron chi connectivity index (χ0n) is 14.4. The summed E-state index contributed by atoms with van der Waals surface area (Å²) in [6, 6.07) is 3.82. The molecule has 3 aromatic rings. The first kappa shape index (κ1) is 16.1. The fraction of sp³-hybridized carbons (Fsp3) is 0.389. The molecule has 3 aromatic heterocycles. The largest absolute Gasteiger partial charge is 0.456 e. The minimum absolute atomic E-state index is 0.00534. The van der Waals surface area contributed by atoms with E-state index in [-0.39, 0.29) is 18.1 Å². The van der Waals surface area contributed by atoms with E-state index in [1.165, 1.54) is 30.2 Å². The van der Waals surface area contributed by atoms with Crippen molar-refractivity contribution in [3.63, 3.8) is 0 Å². The van der Waals surface area contributed by atoms with E-state index in [1.54, 1.807) is 4.40 Å². The Labute approximate surface area is 148 Å². The SMILES string of the molecule is Cc1cc(C(=O)OCc2cc(=O)n3c(C)csc3n2)c(C)n1C1CC1. The molecule has 0 radical (unpaired) electrons. The highest BCUT2D eigenvalue weighted by atomic mass is 32.1. The van der Waals surface area contributed by atoms with Crippen LogP contribution in [-0.2, 0) is 11.3 Å². The molecule has 0 unspecified atom stereocenters. The third kappa shape index (κ3) is 2.78. The Balaban J connectivity index is 1.54. The molecule has 4 rings (SSSR count). The molecule has 1 aliphatic rings. The van der Waals surface area contributed by atoms with Gasteiger partial charge in [-0.25, -0.2) is 9.78 Å². The maximum atomic E-state index is 12.5. The van der Waals surface area contributed by atoms with E-state index in [4.69, 9.17) is 4.74 Å². The Morgan fingerprint density at radius 1 is 1.28 bits per heavy atom. The summed E-state index contributed by atoms with van der Waals surface area (Å²) < 4.78 is 9.18. The molecule has 1 aliphatic carbocycles. The number of nitrogens with zero attached hydrogens (tertiary/aromatic N) is 3. The normalized spacial score (nSPS) is 14.2. The maximum Gasteiger partial charge on any atom is 0.340 e. The zero-order valence-corrected chi connectivity index (χ0v) is 15.2. The second kappa shape index (κ2) is 5.84. The van der Waals surface area contributed by atoms with Gasteiger partial charge in [-0.05, 0) is 39.7 Å². The summed E-state index contributed by atoms with van der Waals surface area (Å²) in [5.41, 5.74) is 3.79. The third-order valence-electron chi connectivity index (χ3n) is 4.60. The first-order valence-corrected chi connectivity index (χ1v) is 9.16. The molecule has 1 fully saturated rings. The monoisotopic (exact) mass is 357 g/mol. The molecule has 130 valence electrons. The summed E-state index contributed by atoms with van der Waals surface area (Å²) in [7, 11) is 0. The molecule has 0 amide bonds. The van der Waals surface area contributed by atoms with E-state index in [0.29, 0.717) is 22.3 Å². The van der Waals surface area contributed by atoms with Gasteiger partial charge in [0, 0.05) is 34.6 Å². The van der Waals surface area contributed by atoms with Crippen LogP contribution in [0.25, 0.3) is 4.96 Å². The highest BCUT2D eigenvalue weighted by molar-refractivity contribution is 7.15. The van der Waals surface area contributed by atoms with Crippen LogP contribution in [-0.4, -0.2) is 19.9 Å². The lowest BCUT2D eigenvalue weighted by Gasteiger charge is -2.08. The number of thiazole rings is 1. The van der Waals surface area contributed by atoms with Gasteiger partial charge in [-0.15, -0.1) is 11.3 Å². The fourth-order valence-electron chi connectivity index (χ4n) is 3.27. The second-order valence-corrected chi connectivity index (χ2v) is 7.38. The van der Waals surface area contributed by atoms with Gasteiger partial charge in [0.15, 0.2) is 4.96 Å². The van der Waals surface area contributed by atoms with Crippen LogP contribution < -0.4 is 5.56 Å². The molecule has 3 heterocycles. The van der Waals surface area contributed by atoms with E-state index >= 15 is 0 Å². The molecule has 0 spiro atoms. The minimum Gasteiger partial charge on any atom is -0.456 e. The number of carbonyl (C=O) groups is 1. The predicted octanol–water partition coefficient (Wildman–Crippen LogP) is 3.17. The van der Waals surface area contributed by atoms with Gasteiger partial charge in [0.25, 0.3) is 5.56 Å². The molecule has 0 N–H and O–H groups in total. The molecule has 0 atom stereocenters. The van der Waals surface area contributed by atoms with Gasteiger partial charge in [0.1, 0.15) is 6.61 Å². The molecule has 0 aliphatic heterocycles. The van der Waals surface area contributed by atoms with E-state index < -0.39 is 0 Å². The van der Waals surface area contributed by atoms with Gasteiger partial charge in [0.2, 0.25) is 0 Å². The number of aromatic nitrogens is 3. The molecule has 6 nitrogen and oxygen atoms in total. The maximum absolute atomic E-state index is 12.5. The summed E-state index contributed by atoms with van der Waals surface area (Å²) >= 11 is 1.40. The molecule has 0 saturated heterocycles. The smallest absolute Gasteiger partial charge is 0.340 e. The molecule has 0 bridgehead atoms. The molecule has 7 heteroatoms. The van der Waals surface area contributed by atoms with Crippen molar-refractivity contribution in [2.45, 2.75) is 46.3 Å². The minimum atomic E-state index is -0.371. The zero-order chi connectivity index (χ0) is 17.7. The van der Waals surface area contributed by atoms with Crippen molar-refractivity contribution in [2.24, 2.45) is 0 Å². The standard InChI is InChI=1S/C18H19N3O3S/c1-10-6-15(12(3)20(10)14-4-5-14)17(23)24-8-13-7-16(22)21-11(2)9-25-18(21)19-13/h6-7,9,14H,4-5,8H2,1-3H3. The predicted molar refractivity (Wildman–Crippen MR) is 95.4 cm³/mol. The van der Waals surface area contributed by atoms with Crippen molar-refractivity contribution in [1.82, 2.24) is 14.0 Å². The van der Waals surface area contributed by atoms with Crippen LogP contribution in [0, 0.1) is 20.8 Å². The van der Waals surface area contributed by atoms with Gasteiger partial charge >= 0.3 is 5.97 Å². The van der Waals surface area contributed by atoms with Gasteiger partial charge in [-0.2, -0.15) is 0 Å². The Hall–Kier alpha value is -2.41. The quantitative estimate of drug-likeness (QED) is 0.673. The molecule has 1 saturated carbocycles. The van der Waals surface area contributed by atoms with Crippen LogP contribution in [0.1, 0.15) is 52.0 Å². The van der Waals surface area contributed by atoms with Crippen molar-refractivity contribution in [1.29, 1.82) is 0 Å². The number of carbonyl (C=O) groups excluding carboxylic acids is 1. The van der Waals surface area contributed by atoms with Crippen LogP contribution in [0.15, 0.2) is 22.3 Å². The number of fused-ring (bicyclic) bond motifs is 1. The van der Waals surface area contributed by atoms with Gasteiger partial charge in [-0.1, -0.05) is 0 Å². The van der Waals surface area contributed by atoms with Crippen molar-refractivity contribution < 1.29 is 9.53 Å². The average Bonchev–Trinajstić information content (AvgIpc) is 3.26. The molecule has 0 aromatic carbocycles. The summed E-state index contributed by atoms with van der Waals surface area (Å²) in [6.45, 7) is 5.82. The number of hydrogen-bond donors (Lipinski definition) is 0. The lowest BCUT2D eigenvalue weighted by Crippen LogP contribution is -2.16. The van der Waals surface area contributed by atoms with E-state index in [9.17, 15) is 9.59 Å². The summed E-state index contributed by atoms with van der Waals surface area (Å²) in [5.74, 6) is -0.371. The Kier molecular flexibility index (Phi) is 3.76.